The molecule has 1 saturated heterocycles. The minimum absolute atomic E-state index is 0. The Kier molecular flexibility index (Phi) is 6.87. The van der Waals surface area contributed by atoms with Gasteiger partial charge in [-0.05, 0) is 57.2 Å². The third kappa shape index (κ3) is 4.61. The molecular weight excluding hydrogens is 331 g/mol. The topological polar surface area (TPSA) is 41.6 Å². The predicted molar refractivity (Wildman–Crippen MR) is 94.5 cm³/mol. The molecule has 2 aliphatic rings. The minimum Gasteiger partial charge on any atom is -0.490 e. The van der Waals surface area contributed by atoms with Crippen molar-refractivity contribution >= 4 is 18.3 Å². The molecule has 0 spiro atoms. The number of likely N-dealkylation sites (tertiary alicyclic amines) is 1. The lowest BCUT2D eigenvalue weighted by atomic mass is 10.0. The Morgan fingerprint density at radius 1 is 1.29 bits per heavy atom. The van der Waals surface area contributed by atoms with E-state index in [0.29, 0.717) is 31.3 Å². The largest absolute Gasteiger partial charge is 0.490 e. The fourth-order valence-electron chi connectivity index (χ4n) is 3.08. The predicted octanol–water partition coefficient (Wildman–Crippen LogP) is 3.25. The van der Waals surface area contributed by atoms with Gasteiger partial charge in [0.15, 0.2) is 11.6 Å². The van der Waals surface area contributed by atoms with Crippen molar-refractivity contribution in [3.8, 4) is 5.75 Å². The number of para-hydroxylation sites is 1. The van der Waals surface area contributed by atoms with E-state index in [2.05, 4.69) is 5.32 Å². The van der Waals surface area contributed by atoms with Crippen LogP contribution in [0.25, 0.3) is 0 Å². The van der Waals surface area contributed by atoms with E-state index in [1.165, 1.54) is 18.9 Å². The summed E-state index contributed by atoms with van der Waals surface area (Å²) >= 11 is 0. The molecule has 24 heavy (non-hydrogen) atoms. The van der Waals surface area contributed by atoms with E-state index in [9.17, 15) is 9.18 Å². The van der Waals surface area contributed by atoms with Crippen LogP contribution in [-0.2, 0) is 0 Å². The number of carbonyl (C=O) groups is 1. The van der Waals surface area contributed by atoms with Crippen LogP contribution in [-0.4, -0.2) is 43.1 Å². The second kappa shape index (κ2) is 8.67. The molecule has 134 valence electrons. The second-order valence-electron chi connectivity index (χ2n) is 6.47. The molecule has 2 fully saturated rings. The van der Waals surface area contributed by atoms with Crippen molar-refractivity contribution in [3.05, 3.63) is 29.6 Å². The highest BCUT2D eigenvalue weighted by atomic mass is 35.5. The fourth-order valence-corrected chi connectivity index (χ4v) is 3.08. The van der Waals surface area contributed by atoms with Gasteiger partial charge in [-0.1, -0.05) is 6.07 Å². The average Bonchev–Trinajstić information content (AvgIpc) is 3.39. The van der Waals surface area contributed by atoms with E-state index >= 15 is 0 Å². The van der Waals surface area contributed by atoms with E-state index in [4.69, 9.17) is 4.74 Å². The number of ether oxygens (including phenoxy) is 1. The van der Waals surface area contributed by atoms with Gasteiger partial charge >= 0.3 is 0 Å². The first kappa shape index (κ1) is 19.0. The van der Waals surface area contributed by atoms with Crippen LogP contribution < -0.4 is 10.1 Å². The molecule has 1 heterocycles. The van der Waals surface area contributed by atoms with Gasteiger partial charge in [0.25, 0.3) is 5.91 Å². The first-order chi connectivity index (χ1) is 11.2. The van der Waals surface area contributed by atoms with Gasteiger partial charge in [-0.2, -0.15) is 0 Å². The Bertz CT molecular complexity index is 558. The summed E-state index contributed by atoms with van der Waals surface area (Å²) < 4.78 is 19.2. The number of amides is 1. The van der Waals surface area contributed by atoms with E-state index in [1.807, 2.05) is 4.90 Å². The normalized spacial score (nSPS) is 18.2. The van der Waals surface area contributed by atoms with Crippen LogP contribution in [0, 0.1) is 11.7 Å². The fraction of sp³-hybridized carbons (Fsp3) is 0.611. The summed E-state index contributed by atoms with van der Waals surface area (Å²) in [4.78, 5) is 14.5. The van der Waals surface area contributed by atoms with Crippen LogP contribution in [0.3, 0.4) is 0 Å². The number of nitrogens with one attached hydrogen (secondary N) is 1. The lowest BCUT2D eigenvalue weighted by molar-refractivity contribution is 0.0700. The smallest absolute Gasteiger partial charge is 0.257 e. The van der Waals surface area contributed by atoms with Crippen molar-refractivity contribution in [1.29, 1.82) is 0 Å². The van der Waals surface area contributed by atoms with E-state index < -0.39 is 5.82 Å². The number of carbonyl (C=O) groups excluding carboxylic acids is 1. The van der Waals surface area contributed by atoms with Crippen molar-refractivity contribution in [3.63, 3.8) is 0 Å². The Labute approximate surface area is 149 Å². The third-order valence-corrected chi connectivity index (χ3v) is 4.66. The number of piperidine rings is 1. The standard InChI is InChI=1S/C18H25FN2O2.ClH/c1-2-23-17-15(4-3-5-16(17)19)18(22)21-10-8-14(9-11-21)20-12-13-6-7-13;/h3-5,13-14,20H,2,6-12H2,1H3;1H. The molecule has 0 unspecified atom stereocenters. The summed E-state index contributed by atoms with van der Waals surface area (Å²) in [6.45, 7) is 4.66. The molecule has 1 N–H and O–H groups in total. The van der Waals surface area contributed by atoms with Crippen molar-refractivity contribution in [2.75, 3.05) is 26.2 Å². The first-order valence-electron chi connectivity index (χ1n) is 8.63. The van der Waals surface area contributed by atoms with Gasteiger partial charge in [0.2, 0.25) is 0 Å². The molecule has 0 atom stereocenters. The van der Waals surface area contributed by atoms with Crippen LogP contribution in [0.5, 0.6) is 5.75 Å². The van der Waals surface area contributed by atoms with Crippen molar-refractivity contribution < 1.29 is 13.9 Å². The number of rotatable bonds is 6. The van der Waals surface area contributed by atoms with Crippen LogP contribution in [0.4, 0.5) is 4.39 Å². The third-order valence-electron chi connectivity index (χ3n) is 4.66. The zero-order chi connectivity index (χ0) is 16.2. The highest BCUT2D eigenvalue weighted by Gasteiger charge is 2.28. The van der Waals surface area contributed by atoms with Gasteiger partial charge in [0, 0.05) is 19.1 Å². The van der Waals surface area contributed by atoms with Crippen molar-refractivity contribution in [1.82, 2.24) is 10.2 Å². The van der Waals surface area contributed by atoms with Crippen LogP contribution in [0.2, 0.25) is 0 Å². The number of hydrogen-bond donors (Lipinski definition) is 1. The summed E-state index contributed by atoms with van der Waals surface area (Å²) in [5, 5.41) is 3.60. The molecule has 6 heteroatoms. The molecule has 1 aromatic rings. The maximum Gasteiger partial charge on any atom is 0.257 e. The van der Waals surface area contributed by atoms with Crippen LogP contribution in [0.1, 0.15) is 43.0 Å². The maximum atomic E-state index is 13.9. The van der Waals surface area contributed by atoms with E-state index in [1.54, 1.807) is 19.1 Å². The monoisotopic (exact) mass is 356 g/mol. The summed E-state index contributed by atoms with van der Waals surface area (Å²) in [6, 6.07) is 5.04. The maximum absolute atomic E-state index is 13.9. The number of benzene rings is 1. The summed E-state index contributed by atoms with van der Waals surface area (Å²) in [5.74, 6) is 0.344. The molecule has 1 aromatic carbocycles. The SMILES string of the molecule is CCOc1c(F)cccc1C(=O)N1CCC(NCC2CC2)CC1.Cl. The summed E-state index contributed by atoms with van der Waals surface area (Å²) in [5.41, 5.74) is 0.330. The lowest BCUT2D eigenvalue weighted by Crippen LogP contribution is -2.45. The molecule has 0 radical (unpaired) electrons. The highest BCUT2D eigenvalue weighted by Crippen LogP contribution is 2.28. The minimum atomic E-state index is -0.473. The molecular formula is C18H26ClFN2O2. The first-order valence-corrected chi connectivity index (χ1v) is 8.63. The Morgan fingerprint density at radius 2 is 2.00 bits per heavy atom. The van der Waals surface area contributed by atoms with Gasteiger partial charge in [-0.25, -0.2) is 4.39 Å². The Balaban J connectivity index is 0.00000208. The lowest BCUT2D eigenvalue weighted by Gasteiger charge is -2.33. The highest BCUT2D eigenvalue weighted by molar-refractivity contribution is 5.97. The molecule has 0 bridgehead atoms. The van der Waals surface area contributed by atoms with E-state index in [0.717, 1.165) is 25.3 Å². The quantitative estimate of drug-likeness (QED) is 0.850. The second-order valence-corrected chi connectivity index (χ2v) is 6.47. The molecule has 1 amide bonds. The van der Waals surface area contributed by atoms with Crippen LogP contribution in [0.15, 0.2) is 18.2 Å². The summed E-state index contributed by atoms with van der Waals surface area (Å²) in [7, 11) is 0. The van der Waals surface area contributed by atoms with Gasteiger partial charge in [-0.3, -0.25) is 4.79 Å². The molecule has 3 rings (SSSR count). The van der Waals surface area contributed by atoms with Gasteiger partial charge in [-0.15, -0.1) is 12.4 Å². The zero-order valence-electron chi connectivity index (χ0n) is 14.1. The summed E-state index contributed by atoms with van der Waals surface area (Å²) in [6.07, 6.45) is 4.61. The van der Waals surface area contributed by atoms with Crippen molar-refractivity contribution in [2.45, 2.75) is 38.6 Å². The van der Waals surface area contributed by atoms with Gasteiger partial charge in [0.1, 0.15) is 0 Å². The number of hydrogen-bond acceptors (Lipinski definition) is 3. The molecule has 4 nitrogen and oxygen atoms in total. The Hall–Kier alpha value is -1.33. The number of halogens is 2. The van der Waals surface area contributed by atoms with E-state index in [-0.39, 0.29) is 24.1 Å². The van der Waals surface area contributed by atoms with Crippen LogP contribution >= 0.6 is 12.4 Å². The zero-order valence-corrected chi connectivity index (χ0v) is 14.9. The average molecular weight is 357 g/mol. The van der Waals surface area contributed by atoms with Gasteiger partial charge < -0.3 is 15.0 Å². The molecule has 1 aliphatic carbocycles. The van der Waals surface area contributed by atoms with Gasteiger partial charge in [0.05, 0.1) is 12.2 Å². The number of nitrogens with zero attached hydrogens (tertiary/aromatic N) is 1. The molecule has 1 aliphatic heterocycles. The molecule has 1 saturated carbocycles. The molecule has 0 aromatic heterocycles. The Morgan fingerprint density at radius 3 is 2.62 bits per heavy atom. The van der Waals surface area contributed by atoms with Crippen molar-refractivity contribution in [2.24, 2.45) is 5.92 Å².